The molecule has 0 aliphatic carbocycles. The average molecular weight is 286 g/mol. The zero-order chi connectivity index (χ0) is 14.3. The van der Waals surface area contributed by atoms with Gasteiger partial charge in [-0.05, 0) is 18.5 Å². The molecular weight excluding hydrogens is 268 g/mol. The number of carbonyl (C=O) groups is 1. The van der Waals surface area contributed by atoms with Crippen LogP contribution in [0.15, 0.2) is 30.3 Å². The van der Waals surface area contributed by atoms with Crippen molar-refractivity contribution in [2.75, 3.05) is 19.3 Å². The van der Waals surface area contributed by atoms with E-state index < -0.39 is 22.0 Å². The summed E-state index contributed by atoms with van der Waals surface area (Å²) in [5, 5.41) is 12.0. The molecule has 0 aliphatic heterocycles. The summed E-state index contributed by atoms with van der Waals surface area (Å²) in [5.41, 5.74) is 0.672. The van der Waals surface area contributed by atoms with Gasteiger partial charge in [-0.3, -0.25) is 4.79 Å². The molecule has 0 radical (unpaired) electrons. The van der Waals surface area contributed by atoms with Crippen molar-refractivity contribution in [2.24, 2.45) is 0 Å². The zero-order valence-electron chi connectivity index (χ0n) is 10.7. The number of carboxylic acids is 1. The van der Waals surface area contributed by atoms with Crippen LogP contribution < -0.4 is 10.0 Å². The maximum atomic E-state index is 11.1. The molecule has 0 heterocycles. The third kappa shape index (κ3) is 6.32. The molecule has 7 heteroatoms. The second-order valence-electron chi connectivity index (χ2n) is 4.16. The van der Waals surface area contributed by atoms with Gasteiger partial charge >= 0.3 is 5.97 Å². The third-order valence-electron chi connectivity index (χ3n) is 2.45. The molecule has 1 unspecified atom stereocenters. The van der Waals surface area contributed by atoms with Crippen molar-refractivity contribution in [1.29, 1.82) is 0 Å². The van der Waals surface area contributed by atoms with Crippen LogP contribution in [0.3, 0.4) is 0 Å². The monoisotopic (exact) mass is 286 g/mol. The first-order valence-corrected chi connectivity index (χ1v) is 7.75. The lowest BCUT2D eigenvalue weighted by Gasteiger charge is -2.14. The summed E-state index contributed by atoms with van der Waals surface area (Å²) in [7, 11) is -3.19. The number of nitrogens with one attached hydrogen (secondary N) is 2. The van der Waals surface area contributed by atoms with E-state index in [-0.39, 0.29) is 6.54 Å². The van der Waals surface area contributed by atoms with Gasteiger partial charge in [-0.1, -0.05) is 30.3 Å². The minimum Gasteiger partial charge on any atom is -0.480 e. The lowest BCUT2D eigenvalue weighted by atomic mass is 10.1. The Morgan fingerprint density at radius 3 is 2.42 bits per heavy atom. The topological polar surface area (TPSA) is 95.5 Å². The Bertz CT molecular complexity index is 502. The molecule has 6 nitrogen and oxygen atoms in total. The van der Waals surface area contributed by atoms with Crippen LogP contribution in [-0.2, 0) is 14.8 Å². The number of aliphatic carboxylic acids is 1. The molecule has 19 heavy (non-hydrogen) atoms. The third-order valence-corrected chi connectivity index (χ3v) is 3.17. The van der Waals surface area contributed by atoms with E-state index in [1.165, 1.54) is 0 Å². The highest BCUT2D eigenvalue weighted by molar-refractivity contribution is 7.88. The fourth-order valence-corrected chi connectivity index (χ4v) is 2.10. The maximum Gasteiger partial charge on any atom is 0.325 e. The molecule has 0 bridgehead atoms. The fourth-order valence-electron chi connectivity index (χ4n) is 1.59. The van der Waals surface area contributed by atoms with Gasteiger partial charge in [0, 0.05) is 6.54 Å². The maximum absolute atomic E-state index is 11.1. The number of benzene rings is 1. The molecule has 0 fully saturated rings. The van der Waals surface area contributed by atoms with E-state index in [0.29, 0.717) is 18.5 Å². The van der Waals surface area contributed by atoms with Crippen LogP contribution in [0.4, 0.5) is 0 Å². The SMILES string of the molecule is CS(=O)(=O)NCCCNC(C(=O)O)c1ccccc1. The summed E-state index contributed by atoms with van der Waals surface area (Å²) in [4.78, 5) is 11.1. The first-order chi connectivity index (χ1) is 8.90. The summed E-state index contributed by atoms with van der Waals surface area (Å²) in [6, 6.07) is 8.06. The lowest BCUT2D eigenvalue weighted by molar-refractivity contribution is -0.139. The minimum absolute atomic E-state index is 0.285. The van der Waals surface area contributed by atoms with Gasteiger partial charge in [0.2, 0.25) is 10.0 Å². The lowest BCUT2D eigenvalue weighted by Crippen LogP contribution is -2.31. The summed E-state index contributed by atoms with van der Waals surface area (Å²) in [6.07, 6.45) is 1.61. The smallest absolute Gasteiger partial charge is 0.325 e. The number of sulfonamides is 1. The first kappa shape index (κ1) is 15.6. The number of rotatable bonds is 8. The van der Waals surface area contributed by atoms with Gasteiger partial charge in [-0.25, -0.2) is 13.1 Å². The average Bonchev–Trinajstić information content (AvgIpc) is 2.33. The Balaban J connectivity index is 2.42. The summed E-state index contributed by atoms with van der Waals surface area (Å²) in [5.74, 6) is -0.956. The summed E-state index contributed by atoms with van der Waals surface area (Å²) in [6.45, 7) is 0.696. The largest absolute Gasteiger partial charge is 0.480 e. The second kappa shape index (κ2) is 7.22. The number of carboxylic acid groups (broad SMARTS) is 1. The molecule has 1 atom stereocenters. The van der Waals surface area contributed by atoms with Crippen LogP contribution in [0.2, 0.25) is 0 Å². The van der Waals surface area contributed by atoms with E-state index in [9.17, 15) is 13.2 Å². The van der Waals surface area contributed by atoms with E-state index in [4.69, 9.17) is 5.11 Å². The van der Waals surface area contributed by atoms with Crippen molar-refractivity contribution in [1.82, 2.24) is 10.0 Å². The molecule has 3 N–H and O–H groups in total. The van der Waals surface area contributed by atoms with E-state index >= 15 is 0 Å². The van der Waals surface area contributed by atoms with Gasteiger partial charge in [0.25, 0.3) is 0 Å². The van der Waals surface area contributed by atoms with Gasteiger partial charge < -0.3 is 10.4 Å². The van der Waals surface area contributed by atoms with Crippen molar-refractivity contribution >= 4 is 16.0 Å². The molecule has 0 saturated heterocycles. The van der Waals surface area contributed by atoms with E-state index in [0.717, 1.165) is 6.26 Å². The van der Waals surface area contributed by atoms with Crippen LogP contribution in [0.25, 0.3) is 0 Å². The first-order valence-electron chi connectivity index (χ1n) is 5.86. The minimum atomic E-state index is -3.19. The van der Waals surface area contributed by atoms with Crippen molar-refractivity contribution in [3.8, 4) is 0 Å². The predicted octanol–water partition coefficient (Wildman–Crippen LogP) is 0.341. The molecule has 106 valence electrons. The molecule has 0 aliphatic rings. The quantitative estimate of drug-likeness (QED) is 0.599. The van der Waals surface area contributed by atoms with Gasteiger partial charge in [0.1, 0.15) is 6.04 Å². The molecule has 0 amide bonds. The molecule has 0 saturated carbocycles. The molecule has 1 aromatic rings. The molecular formula is C12H18N2O4S. The predicted molar refractivity (Wildman–Crippen MR) is 72.3 cm³/mol. The number of hydrogen-bond donors (Lipinski definition) is 3. The van der Waals surface area contributed by atoms with Crippen molar-refractivity contribution in [3.05, 3.63) is 35.9 Å². The standard InChI is InChI=1S/C12H18N2O4S/c1-19(17,18)14-9-5-8-13-11(12(15)16)10-6-3-2-4-7-10/h2-4,6-7,11,13-14H,5,8-9H2,1H3,(H,15,16). The highest BCUT2D eigenvalue weighted by Gasteiger charge is 2.18. The van der Waals surface area contributed by atoms with Crippen LogP contribution in [0, 0.1) is 0 Å². The molecule has 1 rings (SSSR count). The highest BCUT2D eigenvalue weighted by atomic mass is 32.2. The summed E-state index contributed by atoms with van der Waals surface area (Å²) >= 11 is 0. The van der Waals surface area contributed by atoms with Gasteiger partial charge in [-0.2, -0.15) is 0 Å². The van der Waals surface area contributed by atoms with E-state index in [1.54, 1.807) is 24.3 Å². The van der Waals surface area contributed by atoms with Crippen LogP contribution in [-0.4, -0.2) is 38.8 Å². The Hall–Kier alpha value is -1.44. The molecule has 1 aromatic carbocycles. The Kier molecular flexibility index (Phi) is 5.94. The van der Waals surface area contributed by atoms with Crippen molar-refractivity contribution in [2.45, 2.75) is 12.5 Å². The molecule has 0 aromatic heterocycles. The van der Waals surface area contributed by atoms with Crippen molar-refractivity contribution < 1.29 is 18.3 Å². The Morgan fingerprint density at radius 2 is 1.89 bits per heavy atom. The van der Waals surface area contributed by atoms with Crippen molar-refractivity contribution in [3.63, 3.8) is 0 Å². The second-order valence-corrected chi connectivity index (χ2v) is 5.99. The Morgan fingerprint density at radius 1 is 1.26 bits per heavy atom. The van der Waals surface area contributed by atoms with Gasteiger partial charge in [-0.15, -0.1) is 0 Å². The highest BCUT2D eigenvalue weighted by Crippen LogP contribution is 2.12. The zero-order valence-corrected chi connectivity index (χ0v) is 11.5. The van der Waals surface area contributed by atoms with E-state index in [1.807, 2.05) is 6.07 Å². The summed E-state index contributed by atoms with van der Waals surface area (Å²) < 4.78 is 24.0. The Labute approximate surface area is 112 Å². The van der Waals surface area contributed by atoms with Crippen LogP contribution >= 0.6 is 0 Å². The van der Waals surface area contributed by atoms with Crippen LogP contribution in [0.1, 0.15) is 18.0 Å². The van der Waals surface area contributed by atoms with Crippen LogP contribution in [0.5, 0.6) is 0 Å². The van der Waals surface area contributed by atoms with Gasteiger partial charge in [0.05, 0.1) is 6.26 Å². The fraction of sp³-hybridized carbons (Fsp3) is 0.417. The van der Waals surface area contributed by atoms with E-state index in [2.05, 4.69) is 10.0 Å². The van der Waals surface area contributed by atoms with Gasteiger partial charge in [0.15, 0.2) is 0 Å². The molecule has 0 spiro atoms. The normalized spacial score (nSPS) is 13.1. The number of hydrogen-bond acceptors (Lipinski definition) is 4.